The zero-order valence-corrected chi connectivity index (χ0v) is 23.1. The maximum absolute atomic E-state index is 13.5. The largest absolute Gasteiger partial charge is 0.393 e. The molecule has 0 aliphatic heterocycles. The molecule has 1 aromatic rings. The van der Waals surface area contributed by atoms with Crippen LogP contribution in [0.25, 0.3) is 0 Å². The Kier molecular flexibility index (Phi) is 12.4. The lowest BCUT2D eigenvalue weighted by atomic mass is 9.80. The summed E-state index contributed by atoms with van der Waals surface area (Å²) in [6, 6.07) is 10.5. The van der Waals surface area contributed by atoms with Gasteiger partial charge in [-0.3, -0.25) is 9.59 Å². The van der Waals surface area contributed by atoms with Crippen LogP contribution in [0.15, 0.2) is 53.6 Å². The van der Waals surface area contributed by atoms with Crippen molar-refractivity contribution in [3.8, 4) is 0 Å². The molecule has 2 aliphatic rings. The van der Waals surface area contributed by atoms with E-state index in [1.54, 1.807) is 4.90 Å². The quantitative estimate of drug-likeness (QED) is 0.213. The average Bonchev–Trinajstić information content (AvgIpc) is 2.85. The highest BCUT2D eigenvalue weighted by Gasteiger charge is 2.27. The van der Waals surface area contributed by atoms with Crippen LogP contribution < -0.4 is 5.32 Å². The van der Waals surface area contributed by atoms with Gasteiger partial charge >= 0.3 is 0 Å². The van der Waals surface area contributed by atoms with Crippen molar-refractivity contribution in [3.63, 3.8) is 0 Å². The summed E-state index contributed by atoms with van der Waals surface area (Å²) in [5.74, 6) is 0.923. The summed E-state index contributed by atoms with van der Waals surface area (Å²) in [5.41, 5.74) is 3.97. The maximum atomic E-state index is 13.5. The van der Waals surface area contributed by atoms with E-state index in [1.807, 2.05) is 12.1 Å². The predicted molar refractivity (Wildman–Crippen MR) is 151 cm³/mol. The normalized spacial score (nSPS) is 20.2. The van der Waals surface area contributed by atoms with Gasteiger partial charge in [0.1, 0.15) is 0 Å². The molecular weight excluding hydrogens is 460 g/mol. The Bertz CT molecular complexity index is 898. The fraction of sp³-hybridized carbons (Fsp3) is 0.625. The first kappa shape index (κ1) is 29.2. The second kappa shape index (κ2) is 15.8. The zero-order chi connectivity index (χ0) is 26.5. The van der Waals surface area contributed by atoms with E-state index < -0.39 is 0 Å². The number of aryl methyl sites for hydroxylation is 1. The van der Waals surface area contributed by atoms with Crippen molar-refractivity contribution in [1.29, 1.82) is 0 Å². The van der Waals surface area contributed by atoms with Crippen molar-refractivity contribution < 1.29 is 14.7 Å². The fourth-order valence-corrected chi connectivity index (χ4v) is 5.38. The Labute approximate surface area is 224 Å². The van der Waals surface area contributed by atoms with Crippen LogP contribution in [0.3, 0.4) is 0 Å². The fourth-order valence-electron chi connectivity index (χ4n) is 5.38. The van der Waals surface area contributed by atoms with Crippen molar-refractivity contribution in [2.75, 3.05) is 19.6 Å². The van der Waals surface area contributed by atoms with E-state index in [0.717, 1.165) is 57.8 Å². The highest BCUT2D eigenvalue weighted by Crippen LogP contribution is 2.33. The summed E-state index contributed by atoms with van der Waals surface area (Å²) in [6.45, 7) is 5.50. The van der Waals surface area contributed by atoms with E-state index in [0.29, 0.717) is 24.9 Å². The van der Waals surface area contributed by atoms with Crippen LogP contribution in [0.5, 0.6) is 0 Å². The summed E-state index contributed by atoms with van der Waals surface area (Å²) < 4.78 is 0. The molecule has 2 aliphatic carbocycles. The number of benzene rings is 1. The van der Waals surface area contributed by atoms with Crippen LogP contribution in [0, 0.1) is 11.8 Å². The molecule has 0 unspecified atom stereocenters. The first-order valence-electron chi connectivity index (χ1n) is 14.6. The summed E-state index contributed by atoms with van der Waals surface area (Å²) in [4.78, 5) is 28.0. The molecular formula is C32H48N2O3. The first-order valence-corrected chi connectivity index (χ1v) is 14.6. The lowest BCUT2D eigenvalue weighted by Crippen LogP contribution is -2.44. The lowest BCUT2D eigenvalue weighted by molar-refractivity contribution is -0.132. The van der Waals surface area contributed by atoms with Crippen LogP contribution >= 0.6 is 0 Å². The summed E-state index contributed by atoms with van der Waals surface area (Å²) in [7, 11) is 0. The molecule has 5 heteroatoms. The Morgan fingerprint density at radius 3 is 2.41 bits per heavy atom. The number of nitrogens with zero attached hydrogens (tertiary/aromatic N) is 1. The van der Waals surface area contributed by atoms with E-state index in [1.165, 1.54) is 36.0 Å². The molecule has 0 spiro atoms. The third-order valence-electron chi connectivity index (χ3n) is 8.14. The zero-order valence-electron chi connectivity index (χ0n) is 23.1. The number of hydrogen-bond donors (Lipinski definition) is 2. The number of aliphatic hydroxyl groups excluding tert-OH is 1. The summed E-state index contributed by atoms with van der Waals surface area (Å²) >= 11 is 0. The number of allylic oxidation sites excluding steroid dienone is 3. The van der Waals surface area contributed by atoms with Gasteiger partial charge in [0.15, 0.2) is 0 Å². The minimum atomic E-state index is -0.222. The summed E-state index contributed by atoms with van der Waals surface area (Å²) in [5, 5.41) is 12.5. The van der Waals surface area contributed by atoms with E-state index in [4.69, 9.17) is 0 Å². The molecule has 0 atom stereocenters. The number of carbonyl (C=O) groups excluding carboxylic acids is 2. The number of hydrogen-bond acceptors (Lipinski definition) is 3. The van der Waals surface area contributed by atoms with Crippen molar-refractivity contribution in [1.82, 2.24) is 10.2 Å². The Hall–Kier alpha value is -2.40. The van der Waals surface area contributed by atoms with Gasteiger partial charge in [0.05, 0.1) is 12.6 Å². The third-order valence-corrected chi connectivity index (χ3v) is 8.14. The Morgan fingerprint density at radius 2 is 1.78 bits per heavy atom. The number of carbonyl (C=O) groups is 2. The topological polar surface area (TPSA) is 69.6 Å². The molecule has 0 bridgehead atoms. The van der Waals surface area contributed by atoms with E-state index in [2.05, 4.69) is 49.5 Å². The molecule has 0 saturated heterocycles. The van der Waals surface area contributed by atoms with Gasteiger partial charge in [-0.05, 0) is 82.1 Å². The molecule has 37 heavy (non-hydrogen) atoms. The van der Waals surface area contributed by atoms with Gasteiger partial charge in [0.2, 0.25) is 11.8 Å². The van der Waals surface area contributed by atoms with Gasteiger partial charge in [0.25, 0.3) is 0 Å². The second-order valence-electron chi connectivity index (χ2n) is 11.1. The molecule has 2 N–H and O–H groups in total. The standard InChI is InChI=1S/C32H48N2O3/c1-3-25(4-2)17-10-18-34(24-31(36)33-23-29-20-30(35)21-29)32(37)22-28(19-27-14-9-15-27)16-8-13-26-11-6-5-7-12-26/h3,5-7,11-12,22,27,29-30,35H,4,8-10,13-21,23-24H2,1-2H3,(H,33,36)/b25-3-,28-22-/t29-,30+. The molecule has 0 aromatic heterocycles. The highest BCUT2D eigenvalue weighted by atomic mass is 16.3. The van der Waals surface area contributed by atoms with Gasteiger partial charge in [0, 0.05) is 19.2 Å². The van der Waals surface area contributed by atoms with E-state index >= 15 is 0 Å². The average molecular weight is 509 g/mol. The van der Waals surface area contributed by atoms with Crippen molar-refractivity contribution in [2.45, 2.75) is 97.0 Å². The van der Waals surface area contributed by atoms with E-state index in [9.17, 15) is 14.7 Å². The summed E-state index contributed by atoms with van der Waals surface area (Å²) in [6.07, 6.45) is 15.9. The van der Waals surface area contributed by atoms with Crippen molar-refractivity contribution >= 4 is 11.8 Å². The molecule has 2 fully saturated rings. The molecule has 3 rings (SSSR count). The second-order valence-corrected chi connectivity index (χ2v) is 11.1. The molecule has 2 saturated carbocycles. The number of nitrogens with one attached hydrogen (secondary N) is 1. The van der Waals surface area contributed by atoms with Gasteiger partial charge in [-0.2, -0.15) is 0 Å². The minimum absolute atomic E-state index is 0.0261. The lowest BCUT2D eigenvalue weighted by Gasteiger charge is -2.31. The van der Waals surface area contributed by atoms with Gasteiger partial charge in [-0.25, -0.2) is 0 Å². The van der Waals surface area contributed by atoms with Crippen LogP contribution in [-0.2, 0) is 16.0 Å². The Morgan fingerprint density at radius 1 is 1.05 bits per heavy atom. The SMILES string of the molecule is C/C=C(/CC)CCCN(CC(=O)NC[C@H]1C[C@@H](O)C1)C(=O)/C=C(/CCCc1ccccc1)CC1CCC1. The minimum Gasteiger partial charge on any atom is -0.393 e. The molecule has 0 heterocycles. The molecule has 0 radical (unpaired) electrons. The highest BCUT2D eigenvalue weighted by molar-refractivity contribution is 5.91. The monoisotopic (exact) mass is 508 g/mol. The van der Waals surface area contributed by atoms with Gasteiger partial charge in [-0.1, -0.05) is 73.7 Å². The van der Waals surface area contributed by atoms with Gasteiger partial charge < -0.3 is 15.3 Å². The van der Waals surface area contributed by atoms with Crippen molar-refractivity contribution in [3.05, 3.63) is 59.2 Å². The predicted octanol–water partition coefficient (Wildman–Crippen LogP) is 5.98. The van der Waals surface area contributed by atoms with E-state index in [-0.39, 0.29) is 24.5 Å². The van der Waals surface area contributed by atoms with Crippen LogP contribution in [0.2, 0.25) is 0 Å². The van der Waals surface area contributed by atoms with Crippen LogP contribution in [0.1, 0.15) is 90.0 Å². The molecule has 2 amide bonds. The molecule has 1 aromatic carbocycles. The smallest absolute Gasteiger partial charge is 0.246 e. The first-order chi connectivity index (χ1) is 18.0. The van der Waals surface area contributed by atoms with Crippen LogP contribution in [0.4, 0.5) is 0 Å². The molecule has 204 valence electrons. The van der Waals surface area contributed by atoms with Crippen molar-refractivity contribution in [2.24, 2.45) is 11.8 Å². The number of amides is 2. The number of rotatable bonds is 16. The maximum Gasteiger partial charge on any atom is 0.246 e. The molecule has 5 nitrogen and oxygen atoms in total. The third kappa shape index (κ3) is 10.5. The Balaban J connectivity index is 1.61. The number of aliphatic hydroxyl groups is 1. The van der Waals surface area contributed by atoms with Crippen LogP contribution in [-0.4, -0.2) is 47.6 Å². The van der Waals surface area contributed by atoms with Gasteiger partial charge in [-0.15, -0.1) is 0 Å².